The number of amides is 1. The zero-order valence-corrected chi connectivity index (χ0v) is 28.0. The zero-order chi connectivity index (χ0) is 35.4. The second-order valence-electron chi connectivity index (χ2n) is 11.9. The molecule has 1 fully saturated rings. The second-order valence-corrected chi connectivity index (χ2v) is 12.3. The Balaban J connectivity index is 1.06. The van der Waals surface area contributed by atoms with Gasteiger partial charge in [0.15, 0.2) is 11.5 Å². The van der Waals surface area contributed by atoms with Crippen molar-refractivity contribution in [2.45, 2.75) is 31.2 Å². The van der Waals surface area contributed by atoms with E-state index in [1.807, 2.05) is 0 Å². The molecule has 264 valence electrons. The van der Waals surface area contributed by atoms with E-state index in [4.69, 9.17) is 30.5 Å². The van der Waals surface area contributed by atoms with Gasteiger partial charge < -0.3 is 39.8 Å². The van der Waals surface area contributed by atoms with E-state index in [-0.39, 0.29) is 45.9 Å². The van der Waals surface area contributed by atoms with Crippen molar-refractivity contribution in [1.29, 1.82) is 0 Å². The lowest BCUT2D eigenvalue weighted by Crippen LogP contribution is -2.55. The smallest absolute Gasteiger partial charge is 0.416 e. The molecule has 0 radical (unpaired) electrons. The molecule has 3 N–H and O–H groups in total. The minimum absolute atomic E-state index is 0.210. The molecule has 0 aromatic heterocycles. The van der Waals surface area contributed by atoms with Gasteiger partial charge in [0.2, 0.25) is 0 Å². The first-order chi connectivity index (χ1) is 24.0. The van der Waals surface area contributed by atoms with Crippen molar-refractivity contribution in [1.82, 2.24) is 10.2 Å². The summed E-state index contributed by atoms with van der Waals surface area (Å²) in [5.74, 6) is 0.911. The molecule has 0 bridgehead atoms. The standard InChI is InChI=1S/C36H35ClF4N4O5/c1-47-32-19-29(42-23-7-10-27-33(17-23)50-31-11-4-21(36(39,40)41)16-30(31)43-27)26(37)18-25(32)35(46)44-28-12-14-45(20-34(28)48-2)13-3-15-49-24-8-5-22(38)6-9-24/h4-11,16-19,28,34,42-43H,3,12-15,20H2,1-2H3,(H,44,46). The summed E-state index contributed by atoms with van der Waals surface area (Å²) in [5.41, 5.74) is 1.23. The number of fused-ring (bicyclic) bond motifs is 2. The van der Waals surface area contributed by atoms with Crippen LogP contribution < -0.4 is 30.2 Å². The molecule has 0 aliphatic carbocycles. The van der Waals surface area contributed by atoms with Gasteiger partial charge in [0.1, 0.15) is 17.3 Å². The number of rotatable bonds is 11. The normalized spacial score (nSPS) is 17.1. The van der Waals surface area contributed by atoms with Crippen molar-refractivity contribution < 1.29 is 41.3 Å². The third kappa shape index (κ3) is 8.18. The Morgan fingerprint density at radius 2 is 1.82 bits per heavy atom. The fraction of sp³-hybridized carbons (Fsp3) is 0.306. The van der Waals surface area contributed by atoms with Crippen LogP contribution in [-0.4, -0.2) is 63.4 Å². The lowest BCUT2D eigenvalue weighted by molar-refractivity contribution is -0.137. The molecule has 2 atom stereocenters. The summed E-state index contributed by atoms with van der Waals surface area (Å²) in [4.78, 5) is 15.8. The number of hydrogen-bond acceptors (Lipinski definition) is 8. The molecule has 1 saturated heterocycles. The predicted molar refractivity (Wildman–Crippen MR) is 182 cm³/mol. The third-order valence-electron chi connectivity index (χ3n) is 8.55. The van der Waals surface area contributed by atoms with Gasteiger partial charge in [0, 0.05) is 44.6 Å². The number of carbonyl (C=O) groups excluding carboxylic acids is 1. The van der Waals surface area contributed by atoms with Gasteiger partial charge in [0.25, 0.3) is 5.91 Å². The predicted octanol–water partition coefficient (Wildman–Crippen LogP) is 8.39. The quantitative estimate of drug-likeness (QED) is 0.0929. The summed E-state index contributed by atoms with van der Waals surface area (Å²) in [7, 11) is 3.08. The van der Waals surface area contributed by atoms with Crippen LogP contribution in [0.1, 0.15) is 28.8 Å². The summed E-state index contributed by atoms with van der Waals surface area (Å²) in [6, 6.07) is 17.1. The molecule has 1 amide bonds. The molecular weight excluding hydrogens is 680 g/mol. The first-order valence-electron chi connectivity index (χ1n) is 15.9. The Kier molecular flexibility index (Phi) is 10.6. The molecule has 2 unspecified atom stereocenters. The van der Waals surface area contributed by atoms with Gasteiger partial charge in [-0.2, -0.15) is 13.2 Å². The van der Waals surface area contributed by atoms with E-state index in [1.165, 1.54) is 31.4 Å². The molecular formula is C36H35ClF4N4O5. The number of likely N-dealkylation sites (tertiary alicyclic amines) is 1. The molecule has 4 aromatic carbocycles. The number of halogens is 5. The molecule has 2 aliphatic heterocycles. The molecule has 4 aromatic rings. The molecule has 0 spiro atoms. The number of carbonyl (C=O) groups is 1. The van der Waals surface area contributed by atoms with Crippen molar-refractivity contribution in [2.75, 3.05) is 51.1 Å². The second kappa shape index (κ2) is 15.0. The Hall–Kier alpha value is -4.72. The molecule has 50 heavy (non-hydrogen) atoms. The zero-order valence-electron chi connectivity index (χ0n) is 27.2. The van der Waals surface area contributed by atoms with Crippen molar-refractivity contribution in [2.24, 2.45) is 0 Å². The van der Waals surface area contributed by atoms with Gasteiger partial charge in [-0.3, -0.25) is 4.79 Å². The van der Waals surface area contributed by atoms with Gasteiger partial charge in [0.05, 0.1) is 59.1 Å². The van der Waals surface area contributed by atoms with Crippen LogP contribution in [0.3, 0.4) is 0 Å². The van der Waals surface area contributed by atoms with Gasteiger partial charge >= 0.3 is 6.18 Å². The van der Waals surface area contributed by atoms with Crippen LogP contribution >= 0.6 is 11.6 Å². The molecule has 2 aliphatic rings. The minimum atomic E-state index is -4.48. The monoisotopic (exact) mass is 714 g/mol. The average Bonchev–Trinajstić information content (AvgIpc) is 3.10. The number of alkyl halides is 3. The summed E-state index contributed by atoms with van der Waals surface area (Å²) >= 11 is 6.65. The Morgan fingerprint density at radius 1 is 1.02 bits per heavy atom. The highest BCUT2D eigenvalue weighted by Crippen LogP contribution is 2.45. The summed E-state index contributed by atoms with van der Waals surface area (Å²) in [5, 5.41) is 9.53. The third-order valence-corrected chi connectivity index (χ3v) is 8.87. The van der Waals surface area contributed by atoms with E-state index < -0.39 is 11.7 Å². The fourth-order valence-electron chi connectivity index (χ4n) is 5.94. The van der Waals surface area contributed by atoms with Crippen LogP contribution in [0.15, 0.2) is 72.8 Å². The number of benzene rings is 4. The summed E-state index contributed by atoms with van der Waals surface area (Å²) in [6.45, 7) is 2.65. The van der Waals surface area contributed by atoms with E-state index in [2.05, 4.69) is 20.9 Å². The first kappa shape index (κ1) is 35.1. The van der Waals surface area contributed by atoms with Crippen molar-refractivity contribution in [3.8, 4) is 23.0 Å². The Labute approximate surface area is 291 Å². The minimum Gasteiger partial charge on any atom is -0.496 e. The SMILES string of the molecule is COc1cc(Nc2ccc3c(c2)Oc2ccc(C(F)(F)F)cc2N3)c(Cl)cc1C(=O)NC1CCN(CCCOc2ccc(F)cc2)CC1OC. The summed E-state index contributed by atoms with van der Waals surface area (Å²) < 4.78 is 75.5. The number of nitrogens with zero attached hydrogens (tertiary/aromatic N) is 1. The fourth-order valence-corrected chi connectivity index (χ4v) is 6.15. The first-order valence-corrected chi connectivity index (χ1v) is 16.3. The molecule has 14 heteroatoms. The number of hydrogen-bond donors (Lipinski definition) is 3. The van der Waals surface area contributed by atoms with Crippen LogP contribution in [0.4, 0.5) is 40.3 Å². The topological polar surface area (TPSA) is 93.3 Å². The maximum Gasteiger partial charge on any atom is 0.416 e. The van der Waals surface area contributed by atoms with Gasteiger partial charge in [-0.15, -0.1) is 0 Å². The van der Waals surface area contributed by atoms with Crippen LogP contribution in [0, 0.1) is 5.82 Å². The highest BCUT2D eigenvalue weighted by atomic mass is 35.5. The van der Waals surface area contributed by atoms with Crippen molar-refractivity contribution in [3.63, 3.8) is 0 Å². The van der Waals surface area contributed by atoms with E-state index in [9.17, 15) is 22.4 Å². The average molecular weight is 715 g/mol. The highest BCUT2D eigenvalue weighted by Gasteiger charge is 2.33. The lowest BCUT2D eigenvalue weighted by atomic mass is 10.0. The van der Waals surface area contributed by atoms with Crippen molar-refractivity contribution in [3.05, 3.63) is 94.8 Å². The maximum absolute atomic E-state index is 13.5. The lowest BCUT2D eigenvalue weighted by Gasteiger charge is -2.38. The number of methoxy groups -OCH3 is 2. The van der Waals surface area contributed by atoms with Gasteiger partial charge in [-0.25, -0.2) is 4.39 Å². The molecule has 0 saturated carbocycles. The molecule has 2 heterocycles. The van der Waals surface area contributed by atoms with Crippen LogP contribution in [0.25, 0.3) is 0 Å². The van der Waals surface area contributed by atoms with E-state index in [0.29, 0.717) is 53.9 Å². The largest absolute Gasteiger partial charge is 0.496 e. The van der Waals surface area contributed by atoms with Gasteiger partial charge in [-0.1, -0.05) is 11.6 Å². The van der Waals surface area contributed by atoms with Gasteiger partial charge in [-0.05, 0) is 73.5 Å². The number of nitrogens with one attached hydrogen (secondary N) is 3. The van der Waals surface area contributed by atoms with Crippen molar-refractivity contribution >= 4 is 40.3 Å². The maximum atomic E-state index is 13.5. The van der Waals surface area contributed by atoms with E-state index in [0.717, 1.165) is 31.6 Å². The Bertz CT molecular complexity index is 1840. The molecule has 9 nitrogen and oxygen atoms in total. The van der Waals surface area contributed by atoms with E-state index >= 15 is 0 Å². The summed E-state index contributed by atoms with van der Waals surface area (Å²) in [6.07, 6.45) is -3.28. The number of piperidine rings is 1. The number of ether oxygens (including phenoxy) is 4. The number of anilines is 4. The Morgan fingerprint density at radius 3 is 2.56 bits per heavy atom. The van der Waals surface area contributed by atoms with E-state index in [1.54, 1.807) is 43.5 Å². The van der Waals surface area contributed by atoms with Crippen LogP contribution in [-0.2, 0) is 10.9 Å². The highest BCUT2D eigenvalue weighted by molar-refractivity contribution is 6.34. The van der Waals surface area contributed by atoms with Crippen LogP contribution in [0.5, 0.6) is 23.0 Å². The van der Waals surface area contributed by atoms with Crippen LogP contribution in [0.2, 0.25) is 5.02 Å². The molecule has 6 rings (SSSR count).